The Hall–Kier alpha value is -2.57. The molecule has 0 saturated carbocycles. The molecule has 2 rings (SSSR count). The lowest BCUT2D eigenvalue weighted by molar-refractivity contribution is -0.116. The summed E-state index contributed by atoms with van der Waals surface area (Å²) in [4.78, 5) is 36.3. The van der Waals surface area contributed by atoms with Crippen molar-refractivity contribution in [1.29, 1.82) is 0 Å². The quantitative estimate of drug-likeness (QED) is 0.826. The molecule has 1 aliphatic rings. The van der Waals surface area contributed by atoms with Crippen LogP contribution >= 0.6 is 0 Å². The minimum atomic E-state index is -0.510. The lowest BCUT2D eigenvalue weighted by Crippen LogP contribution is -2.34. The Morgan fingerprint density at radius 2 is 2.14 bits per heavy atom. The molecule has 0 aromatic heterocycles. The van der Waals surface area contributed by atoms with Crippen LogP contribution in [0.25, 0.3) is 0 Å². The average Bonchev–Trinajstić information content (AvgIpc) is 2.85. The van der Waals surface area contributed by atoms with Gasteiger partial charge in [0, 0.05) is 0 Å². The maximum absolute atomic E-state index is 11.9. The van der Waals surface area contributed by atoms with Crippen LogP contribution < -0.4 is 5.32 Å². The number of cyclic esters (lactones) is 1. The van der Waals surface area contributed by atoms with E-state index in [0.29, 0.717) is 12.2 Å². The maximum Gasteiger partial charge on any atom is 0.410 e. The second kappa shape index (κ2) is 6.74. The highest BCUT2D eigenvalue weighted by atomic mass is 16.6. The highest BCUT2D eigenvalue weighted by Gasteiger charge is 2.24. The number of benzene rings is 1. The van der Waals surface area contributed by atoms with Crippen LogP contribution in [-0.2, 0) is 14.3 Å². The summed E-state index contributed by atoms with van der Waals surface area (Å²) in [6.45, 7) is 2.51. The van der Waals surface area contributed by atoms with Crippen LogP contribution in [0.3, 0.4) is 0 Å². The third-order valence-corrected chi connectivity index (χ3v) is 2.88. The molecule has 0 radical (unpaired) electrons. The molecule has 1 N–H and O–H groups in total. The van der Waals surface area contributed by atoms with E-state index in [1.807, 2.05) is 0 Å². The Balaban J connectivity index is 2.03. The van der Waals surface area contributed by atoms with E-state index in [2.05, 4.69) is 5.32 Å². The third-order valence-electron chi connectivity index (χ3n) is 2.88. The Kier molecular flexibility index (Phi) is 4.76. The van der Waals surface area contributed by atoms with E-state index in [4.69, 9.17) is 9.47 Å². The molecule has 0 atom stereocenters. The van der Waals surface area contributed by atoms with Gasteiger partial charge < -0.3 is 14.8 Å². The van der Waals surface area contributed by atoms with Crippen molar-refractivity contribution in [3.63, 3.8) is 0 Å². The first-order valence-electron chi connectivity index (χ1n) is 6.59. The summed E-state index contributed by atoms with van der Waals surface area (Å²) < 4.78 is 9.67. The van der Waals surface area contributed by atoms with Gasteiger partial charge in [-0.1, -0.05) is 12.1 Å². The normalized spacial score (nSPS) is 13.8. The van der Waals surface area contributed by atoms with Gasteiger partial charge >= 0.3 is 12.1 Å². The van der Waals surface area contributed by atoms with E-state index < -0.39 is 18.0 Å². The van der Waals surface area contributed by atoms with Crippen LogP contribution in [0.5, 0.6) is 0 Å². The summed E-state index contributed by atoms with van der Waals surface area (Å²) in [5.74, 6) is -0.903. The van der Waals surface area contributed by atoms with Crippen molar-refractivity contribution >= 4 is 23.7 Å². The van der Waals surface area contributed by atoms with E-state index in [1.165, 1.54) is 4.90 Å². The summed E-state index contributed by atoms with van der Waals surface area (Å²) in [7, 11) is 0. The fraction of sp³-hybridized carbons (Fsp3) is 0.357. The van der Waals surface area contributed by atoms with E-state index >= 15 is 0 Å². The molecule has 0 unspecified atom stereocenters. The van der Waals surface area contributed by atoms with Gasteiger partial charge in [0.05, 0.1) is 24.4 Å². The van der Waals surface area contributed by atoms with E-state index in [-0.39, 0.29) is 25.3 Å². The van der Waals surface area contributed by atoms with Gasteiger partial charge in [-0.15, -0.1) is 0 Å². The number of carbonyl (C=O) groups excluding carboxylic acids is 3. The van der Waals surface area contributed by atoms with Gasteiger partial charge in [-0.05, 0) is 19.1 Å². The molecular formula is C14H16N2O5. The summed E-state index contributed by atoms with van der Waals surface area (Å²) >= 11 is 0. The van der Waals surface area contributed by atoms with E-state index in [9.17, 15) is 14.4 Å². The number of nitrogens with zero attached hydrogens (tertiary/aromatic N) is 1. The van der Waals surface area contributed by atoms with Crippen molar-refractivity contribution in [2.75, 3.05) is 31.6 Å². The fourth-order valence-corrected chi connectivity index (χ4v) is 1.91. The minimum absolute atomic E-state index is 0.115. The van der Waals surface area contributed by atoms with E-state index in [0.717, 1.165) is 0 Å². The van der Waals surface area contributed by atoms with Crippen LogP contribution in [0, 0.1) is 0 Å². The zero-order valence-electron chi connectivity index (χ0n) is 11.6. The number of carbonyl (C=O) groups is 3. The average molecular weight is 292 g/mol. The fourth-order valence-electron chi connectivity index (χ4n) is 1.91. The molecule has 1 saturated heterocycles. The molecule has 112 valence electrons. The van der Waals surface area contributed by atoms with Gasteiger partial charge in [-0.25, -0.2) is 9.59 Å². The number of rotatable bonds is 5. The van der Waals surface area contributed by atoms with Crippen molar-refractivity contribution in [2.24, 2.45) is 0 Å². The molecule has 0 aliphatic carbocycles. The molecule has 2 amide bonds. The second-order valence-corrected chi connectivity index (χ2v) is 4.35. The first kappa shape index (κ1) is 14.8. The van der Waals surface area contributed by atoms with Crippen LogP contribution in [0.4, 0.5) is 10.5 Å². The van der Waals surface area contributed by atoms with Crippen molar-refractivity contribution in [2.45, 2.75) is 6.92 Å². The first-order valence-corrected chi connectivity index (χ1v) is 6.59. The molecule has 7 nitrogen and oxygen atoms in total. The molecule has 1 heterocycles. The Morgan fingerprint density at radius 1 is 1.38 bits per heavy atom. The van der Waals surface area contributed by atoms with Crippen molar-refractivity contribution in [3.8, 4) is 0 Å². The first-order chi connectivity index (χ1) is 10.1. The summed E-state index contributed by atoms with van der Waals surface area (Å²) in [6, 6.07) is 6.55. The molecular weight excluding hydrogens is 276 g/mol. The number of hydrogen-bond donors (Lipinski definition) is 1. The molecule has 1 aliphatic heterocycles. The largest absolute Gasteiger partial charge is 0.462 e. The monoisotopic (exact) mass is 292 g/mol. The lowest BCUT2D eigenvalue weighted by Gasteiger charge is -2.14. The van der Waals surface area contributed by atoms with Gasteiger partial charge in [-0.3, -0.25) is 9.69 Å². The SMILES string of the molecule is CCOC(=O)c1ccccc1NC(=O)CN1CCOC1=O. The van der Waals surface area contributed by atoms with Gasteiger partial charge in [0.25, 0.3) is 0 Å². The molecule has 7 heteroatoms. The van der Waals surface area contributed by atoms with Crippen molar-refractivity contribution < 1.29 is 23.9 Å². The standard InChI is InChI=1S/C14H16N2O5/c1-2-20-13(18)10-5-3-4-6-11(10)15-12(17)9-16-7-8-21-14(16)19/h3-6H,2,7-9H2,1H3,(H,15,17). The zero-order chi connectivity index (χ0) is 15.2. The second-order valence-electron chi connectivity index (χ2n) is 4.35. The molecule has 1 fully saturated rings. The number of amides is 2. The number of anilines is 1. The molecule has 0 spiro atoms. The van der Waals surface area contributed by atoms with Crippen molar-refractivity contribution in [3.05, 3.63) is 29.8 Å². The summed E-state index contributed by atoms with van der Waals surface area (Å²) in [5, 5.41) is 2.61. The topological polar surface area (TPSA) is 84.9 Å². The van der Waals surface area contributed by atoms with Gasteiger partial charge in [-0.2, -0.15) is 0 Å². The molecule has 21 heavy (non-hydrogen) atoms. The number of hydrogen-bond acceptors (Lipinski definition) is 5. The van der Waals surface area contributed by atoms with E-state index in [1.54, 1.807) is 31.2 Å². The highest BCUT2D eigenvalue weighted by Crippen LogP contribution is 2.16. The Bertz CT molecular complexity index is 558. The summed E-state index contributed by atoms with van der Waals surface area (Å²) in [6.07, 6.45) is -0.510. The predicted octanol–water partition coefficient (Wildman–Crippen LogP) is 1.25. The van der Waals surface area contributed by atoms with Gasteiger partial charge in [0.2, 0.25) is 5.91 Å². The Labute approximate surface area is 121 Å². The predicted molar refractivity (Wildman–Crippen MR) is 73.9 cm³/mol. The zero-order valence-corrected chi connectivity index (χ0v) is 11.6. The molecule has 1 aromatic rings. The summed E-state index contributed by atoms with van der Waals surface area (Å²) in [5.41, 5.74) is 0.630. The number of ether oxygens (including phenoxy) is 2. The van der Waals surface area contributed by atoms with Crippen LogP contribution in [0.15, 0.2) is 24.3 Å². The maximum atomic E-state index is 11.9. The van der Waals surface area contributed by atoms with Crippen LogP contribution in [0.2, 0.25) is 0 Å². The third kappa shape index (κ3) is 3.71. The Morgan fingerprint density at radius 3 is 2.81 bits per heavy atom. The van der Waals surface area contributed by atoms with Crippen molar-refractivity contribution in [1.82, 2.24) is 4.90 Å². The molecule has 1 aromatic carbocycles. The van der Waals surface area contributed by atoms with Gasteiger partial charge in [0.15, 0.2) is 0 Å². The lowest BCUT2D eigenvalue weighted by atomic mass is 10.2. The number of para-hydroxylation sites is 1. The smallest absolute Gasteiger partial charge is 0.410 e. The molecule has 0 bridgehead atoms. The van der Waals surface area contributed by atoms with Crippen LogP contribution in [-0.4, -0.2) is 49.2 Å². The van der Waals surface area contributed by atoms with Gasteiger partial charge in [0.1, 0.15) is 13.2 Å². The minimum Gasteiger partial charge on any atom is -0.462 e. The highest BCUT2D eigenvalue weighted by molar-refractivity contribution is 6.02. The number of esters is 1. The van der Waals surface area contributed by atoms with Crippen LogP contribution in [0.1, 0.15) is 17.3 Å². The number of nitrogens with one attached hydrogen (secondary N) is 1.